The fourth-order valence-corrected chi connectivity index (χ4v) is 7.28. The van der Waals surface area contributed by atoms with E-state index in [2.05, 4.69) is 24.4 Å². The molecule has 1 unspecified atom stereocenters. The summed E-state index contributed by atoms with van der Waals surface area (Å²) in [5, 5.41) is 10.1. The van der Waals surface area contributed by atoms with Gasteiger partial charge in [0.1, 0.15) is 29.6 Å². The number of aromatic nitrogens is 2. The van der Waals surface area contributed by atoms with Gasteiger partial charge in [0.15, 0.2) is 0 Å². The molecule has 0 aliphatic carbocycles. The van der Waals surface area contributed by atoms with Gasteiger partial charge in [0.05, 0.1) is 36.5 Å². The van der Waals surface area contributed by atoms with E-state index in [-0.39, 0.29) is 35.3 Å². The van der Waals surface area contributed by atoms with E-state index in [1.54, 1.807) is 42.2 Å². The van der Waals surface area contributed by atoms with Crippen molar-refractivity contribution in [2.75, 3.05) is 38.0 Å². The highest BCUT2D eigenvalue weighted by Crippen LogP contribution is 2.52. The Hall–Kier alpha value is -3.76. The second kappa shape index (κ2) is 12.6. The van der Waals surface area contributed by atoms with Gasteiger partial charge in [-0.25, -0.2) is 4.68 Å². The molecule has 0 bridgehead atoms. The first-order chi connectivity index (χ1) is 20.2. The molecular weight excluding hydrogens is 569 g/mol. The monoisotopic (exact) mass is 604 g/mol. The molecule has 5 rings (SSSR count). The number of methoxy groups -OCH3 is 2. The van der Waals surface area contributed by atoms with Gasteiger partial charge in [-0.05, 0) is 60.5 Å². The normalized spacial score (nSPS) is 15.0. The minimum absolute atomic E-state index is 0.116. The Labute approximate surface area is 255 Å². The highest BCUT2D eigenvalue weighted by atomic mass is 32.2. The quantitative estimate of drug-likeness (QED) is 0.246. The van der Waals surface area contributed by atoms with Crippen molar-refractivity contribution in [3.05, 3.63) is 75.5 Å². The average Bonchev–Trinajstić information content (AvgIpc) is 3.62. The maximum absolute atomic E-state index is 13.9. The van der Waals surface area contributed by atoms with Crippen molar-refractivity contribution in [1.29, 1.82) is 0 Å². The number of rotatable bonds is 9. The summed E-state index contributed by atoms with van der Waals surface area (Å²) in [4.78, 5) is 29.9. The van der Waals surface area contributed by atoms with Crippen LogP contribution in [0, 0.1) is 19.8 Å². The van der Waals surface area contributed by atoms with Crippen LogP contribution in [0.1, 0.15) is 40.7 Å². The predicted molar refractivity (Wildman–Crippen MR) is 170 cm³/mol. The summed E-state index contributed by atoms with van der Waals surface area (Å²) in [5.41, 5.74) is 5.15. The molecule has 1 atom stereocenters. The van der Waals surface area contributed by atoms with Crippen molar-refractivity contribution < 1.29 is 19.1 Å². The largest absolute Gasteiger partial charge is 0.496 e. The Bertz CT molecular complexity index is 1570. The second-order valence-electron chi connectivity index (χ2n) is 10.6. The molecule has 0 spiro atoms. The van der Waals surface area contributed by atoms with Crippen LogP contribution in [0.15, 0.2) is 53.9 Å². The van der Waals surface area contributed by atoms with Gasteiger partial charge in [-0.1, -0.05) is 38.1 Å². The molecule has 2 aromatic carbocycles. The van der Waals surface area contributed by atoms with Gasteiger partial charge in [0, 0.05) is 17.0 Å². The third-order valence-corrected chi connectivity index (χ3v) is 9.69. The maximum Gasteiger partial charge on any atom is 0.240 e. The van der Waals surface area contributed by atoms with E-state index >= 15 is 0 Å². The molecule has 0 fully saturated rings. The zero-order chi connectivity index (χ0) is 30.0. The molecule has 0 radical (unpaired) electrons. The zero-order valence-corrected chi connectivity index (χ0v) is 26.4. The second-order valence-corrected chi connectivity index (χ2v) is 12.7. The molecule has 0 saturated carbocycles. The molecule has 220 valence electrons. The summed E-state index contributed by atoms with van der Waals surface area (Å²) in [5.74, 6) is 1.93. The Kier molecular flexibility index (Phi) is 8.93. The number of hydrogen-bond acceptors (Lipinski definition) is 7. The number of nitrogens with one attached hydrogen (secondary N) is 1. The number of carbonyl (C=O) groups excluding carboxylic acids is 2. The van der Waals surface area contributed by atoms with Crippen LogP contribution >= 0.6 is 23.1 Å². The standard InChI is InChI=1S/C32H36N4O4S2/c1-19(2)16-33-26(37)17-35-27(38)18-42-31(25-14-9-15-41-25)29-30(28-23(39-5)12-8-13-24(28)40-6)34-36(32(29)35)22-11-7-10-20(3)21(22)4/h7-15,19,31H,16-18H2,1-6H3,(H,33,37). The number of thiophene rings is 1. The number of fused-ring (bicyclic) bond motifs is 1. The lowest BCUT2D eigenvalue weighted by Gasteiger charge is -2.24. The number of benzene rings is 2. The van der Waals surface area contributed by atoms with Crippen LogP contribution in [-0.4, -0.2) is 54.7 Å². The summed E-state index contributed by atoms with van der Waals surface area (Å²) in [7, 11) is 3.25. The third-order valence-electron chi connectivity index (χ3n) is 7.37. The number of thioether (sulfide) groups is 1. The summed E-state index contributed by atoms with van der Waals surface area (Å²) in [6.45, 7) is 8.60. The highest BCUT2D eigenvalue weighted by molar-refractivity contribution is 8.00. The number of amides is 2. The number of carbonyl (C=O) groups is 2. The van der Waals surface area contributed by atoms with Crippen molar-refractivity contribution in [3.8, 4) is 28.4 Å². The summed E-state index contributed by atoms with van der Waals surface area (Å²) < 4.78 is 13.5. The molecule has 4 aromatic rings. The van der Waals surface area contributed by atoms with Crippen LogP contribution in [0.4, 0.5) is 5.82 Å². The number of hydrogen-bond donors (Lipinski definition) is 1. The Morgan fingerprint density at radius 1 is 1.07 bits per heavy atom. The minimum atomic E-state index is -0.215. The van der Waals surface area contributed by atoms with E-state index in [9.17, 15) is 9.59 Å². The Balaban J connectivity index is 1.86. The molecule has 10 heteroatoms. The summed E-state index contributed by atoms with van der Waals surface area (Å²) in [6.07, 6.45) is 0. The molecule has 42 heavy (non-hydrogen) atoms. The lowest BCUT2D eigenvalue weighted by atomic mass is 10.0. The van der Waals surface area contributed by atoms with Crippen LogP contribution in [-0.2, 0) is 9.59 Å². The summed E-state index contributed by atoms with van der Waals surface area (Å²) in [6, 6.07) is 15.8. The molecule has 2 amide bonds. The number of ether oxygens (including phenoxy) is 2. The third kappa shape index (κ3) is 5.65. The van der Waals surface area contributed by atoms with Gasteiger partial charge in [0.2, 0.25) is 11.8 Å². The van der Waals surface area contributed by atoms with Gasteiger partial charge in [0.25, 0.3) is 0 Å². The van der Waals surface area contributed by atoms with E-state index in [0.29, 0.717) is 35.1 Å². The van der Waals surface area contributed by atoms with E-state index in [0.717, 1.165) is 27.3 Å². The first-order valence-electron chi connectivity index (χ1n) is 13.9. The molecule has 1 N–H and O–H groups in total. The van der Waals surface area contributed by atoms with Crippen molar-refractivity contribution in [3.63, 3.8) is 0 Å². The van der Waals surface area contributed by atoms with Crippen LogP contribution < -0.4 is 19.7 Å². The van der Waals surface area contributed by atoms with E-state index < -0.39 is 0 Å². The lowest BCUT2D eigenvalue weighted by molar-refractivity contribution is -0.123. The smallest absolute Gasteiger partial charge is 0.240 e. The van der Waals surface area contributed by atoms with Crippen LogP contribution in [0.3, 0.4) is 0 Å². The topological polar surface area (TPSA) is 85.7 Å². The van der Waals surface area contributed by atoms with Crippen LogP contribution in [0.25, 0.3) is 16.9 Å². The van der Waals surface area contributed by atoms with Crippen molar-refractivity contribution in [1.82, 2.24) is 15.1 Å². The molecular formula is C32H36N4O4S2. The van der Waals surface area contributed by atoms with Crippen molar-refractivity contribution in [2.24, 2.45) is 5.92 Å². The fourth-order valence-electron chi connectivity index (χ4n) is 5.10. The average molecular weight is 605 g/mol. The first kappa shape index (κ1) is 29.7. The Morgan fingerprint density at radius 3 is 2.43 bits per heavy atom. The Morgan fingerprint density at radius 2 is 1.79 bits per heavy atom. The fraction of sp³-hybridized carbons (Fsp3) is 0.344. The number of anilines is 1. The zero-order valence-electron chi connectivity index (χ0n) is 24.8. The van der Waals surface area contributed by atoms with E-state index in [1.807, 2.05) is 67.2 Å². The van der Waals surface area contributed by atoms with Gasteiger partial charge in [-0.2, -0.15) is 5.10 Å². The van der Waals surface area contributed by atoms with Crippen molar-refractivity contribution in [2.45, 2.75) is 32.9 Å². The number of aryl methyl sites for hydroxylation is 1. The summed E-state index contributed by atoms with van der Waals surface area (Å²) >= 11 is 3.18. The van der Waals surface area contributed by atoms with Gasteiger partial charge in [-0.3, -0.25) is 14.5 Å². The van der Waals surface area contributed by atoms with E-state index in [1.165, 1.54) is 0 Å². The van der Waals surface area contributed by atoms with Gasteiger partial charge >= 0.3 is 0 Å². The SMILES string of the molecule is COc1cccc(OC)c1-c1nn(-c2cccc(C)c2C)c2c1C(c1cccs1)SCC(=O)N2CC(=O)NCC(C)C. The predicted octanol–water partition coefficient (Wildman–Crippen LogP) is 6.18. The molecule has 1 aliphatic rings. The molecule has 0 saturated heterocycles. The lowest BCUT2D eigenvalue weighted by Crippen LogP contribution is -2.43. The molecule has 2 aromatic heterocycles. The van der Waals surface area contributed by atoms with Crippen LogP contribution in [0.2, 0.25) is 0 Å². The van der Waals surface area contributed by atoms with E-state index in [4.69, 9.17) is 14.6 Å². The molecule has 1 aliphatic heterocycles. The first-order valence-corrected chi connectivity index (χ1v) is 15.8. The minimum Gasteiger partial charge on any atom is -0.496 e. The van der Waals surface area contributed by atoms with Crippen molar-refractivity contribution >= 4 is 40.7 Å². The molecule has 3 heterocycles. The number of nitrogens with zero attached hydrogens (tertiary/aromatic N) is 3. The molecule has 8 nitrogen and oxygen atoms in total. The van der Waals surface area contributed by atoms with Gasteiger partial charge < -0.3 is 14.8 Å². The highest BCUT2D eigenvalue weighted by Gasteiger charge is 2.39. The van der Waals surface area contributed by atoms with Crippen LogP contribution in [0.5, 0.6) is 11.5 Å². The van der Waals surface area contributed by atoms with Gasteiger partial charge in [-0.15, -0.1) is 23.1 Å². The maximum atomic E-state index is 13.9.